The Morgan fingerprint density at radius 3 is 2.53 bits per heavy atom. The molecule has 3 rings (SSSR count). The first-order chi connectivity index (χ1) is 9.00. The molecule has 0 radical (unpaired) electrons. The molecule has 1 aliphatic rings. The van der Waals surface area contributed by atoms with Gasteiger partial charge in [0.1, 0.15) is 4.32 Å². The van der Waals surface area contributed by atoms with E-state index in [1.807, 2.05) is 24.3 Å². The minimum atomic E-state index is -0.588. The van der Waals surface area contributed by atoms with Crippen molar-refractivity contribution in [1.29, 1.82) is 0 Å². The standard InChI is InChI=1S/C17H15BrO/c1-11-4-3-5-14(9-11)17(18)10-13-8-12(2)6-7-15(13)16(17)19/h3-9H,10H2,1-2H3. The molecular weight excluding hydrogens is 300 g/mol. The molecule has 19 heavy (non-hydrogen) atoms. The summed E-state index contributed by atoms with van der Waals surface area (Å²) < 4.78 is -0.588. The SMILES string of the molecule is Cc1cccc(C2(Br)Cc3cc(C)ccc3C2=O)c1. The highest BCUT2D eigenvalue weighted by molar-refractivity contribution is 9.10. The van der Waals surface area contributed by atoms with Crippen LogP contribution in [0.2, 0.25) is 0 Å². The molecule has 2 aromatic rings. The summed E-state index contributed by atoms with van der Waals surface area (Å²) in [5.41, 5.74) is 5.42. The molecule has 0 aromatic heterocycles. The van der Waals surface area contributed by atoms with Gasteiger partial charge in [-0.1, -0.05) is 69.5 Å². The second kappa shape index (κ2) is 4.31. The number of hydrogen-bond donors (Lipinski definition) is 0. The summed E-state index contributed by atoms with van der Waals surface area (Å²) in [6, 6.07) is 14.2. The van der Waals surface area contributed by atoms with Crippen molar-refractivity contribution in [1.82, 2.24) is 0 Å². The lowest BCUT2D eigenvalue weighted by Crippen LogP contribution is -2.25. The second-order valence-corrected chi connectivity index (χ2v) is 6.69. The van der Waals surface area contributed by atoms with Crippen molar-refractivity contribution in [2.45, 2.75) is 24.6 Å². The maximum Gasteiger partial charge on any atom is 0.184 e. The lowest BCUT2D eigenvalue weighted by molar-refractivity contribution is 0.0960. The molecular formula is C17H15BrO. The van der Waals surface area contributed by atoms with Crippen LogP contribution in [0.4, 0.5) is 0 Å². The van der Waals surface area contributed by atoms with Crippen LogP contribution in [0, 0.1) is 13.8 Å². The van der Waals surface area contributed by atoms with Gasteiger partial charge < -0.3 is 0 Å². The minimum absolute atomic E-state index is 0.174. The van der Waals surface area contributed by atoms with Crippen LogP contribution in [-0.4, -0.2) is 5.78 Å². The summed E-state index contributed by atoms with van der Waals surface area (Å²) in [6.07, 6.45) is 0.728. The van der Waals surface area contributed by atoms with Gasteiger partial charge in [0, 0.05) is 5.56 Å². The van der Waals surface area contributed by atoms with Crippen molar-refractivity contribution in [3.63, 3.8) is 0 Å². The molecule has 0 spiro atoms. The zero-order chi connectivity index (χ0) is 13.6. The van der Waals surface area contributed by atoms with Gasteiger partial charge in [-0.2, -0.15) is 0 Å². The molecule has 1 atom stereocenters. The first-order valence-corrected chi connectivity index (χ1v) is 7.20. The Morgan fingerprint density at radius 2 is 1.79 bits per heavy atom. The highest BCUT2D eigenvalue weighted by Gasteiger charge is 2.44. The van der Waals surface area contributed by atoms with Gasteiger partial charge in [-0.25, -0.2) is 0 Å². The van der Waals surface area contributed by atoms with Gasteiger partial charge in [0.2, 0.25) is 0 Å². The second-order valence-electron chi connectivity index (χ2n) is 5.34. The van der Waals surface area contributed by atoms with E-state index in [4.69, 9.17) is 0 Å². The predicted octanol–water partition coefficient (Wildman–Crippen LogP) is 4.33. The van der Waals surface area contributed by atoms with Gasteiger partial charge in [0.15, 0.2) is 5.78 Å². The van der Waals surface area contributed by atoms with E-state index < -0.39 is 4.32 Å². The molecule has 0 bridgehead atoms. The molecule has 0 fully saturated rings. The van der Waals surface area contributed by atoms with Crippen LogP contribution in [0.5, 0.6) is 0 Å². The number of carbonyl (C=O) groups is 1. The van der Waals surface area contributed by atoms with Crippen LogP contribution >= 0.6 is 15.9 Å². The molecule has 96 valence electrons. The lowest BCUT2D eigenvalue weighted by atomic mass is 9.94. The van der Waals surface area contributed by atoms with Crippen LogP contribution in [0.3, 0.4) is 0 Å². The fourth-order valence-corrected chi connectivity index (χ4v) is 3.53. The number of halogens is 1. The lowest BCUT2D eigenvalue weighted by Gasteiger charge is -2.20. The number of alkyl halides is 1. The van der Waals surface area contributed by atoms with E-state index in [0.29, 0.717) is 0 Å². The van der Waals surface area contributed by atoms with Gasteiger partial charge in [-0.05, 0) is 31.4 Å². The third-order valence-corrected chi connectivity index (χ3v) is 4.87. The average molecular weight is 315 g/mol. The van der Waals surface area contributed by atoms with Crippen molar-refractivity contribution < 1.29 is 4.79 Å². The molecule has 1 aliphatic carbocycles. The number of fused-ring (bicyclic) bond motifs is 1. The zero-order valence-corrected chi connectivity index (χ0v) is 12.6. The van der Waals surface area contributed by atoms with Crippen LogP contribution in [0.25, 0.3) is 0 Å². The predicted molar refractivity (Wildman–Crippen MR) is 81.0 cm³/mol. The molecule has 0 N–H and O–H groups in total. The summed E-state index contributed by atoms with van der Waals surface area (Å²) in [4.78, 5) is 12.7. The van der Waals surface area contributed by atoms with Gasteiger partial charge >= 0.3 is 0 Å². The largest absolute Gasteiger partial charge is 0.292 e. The number of rotatable bonds is 1. The summed E-state index contributed by atoms with van der Waals surface area (Å²) in [7, 11) is 0. The van der Waals surface area contributed by atoms with Crippen LogP contribution < -0.4 is 0 Å². The number of aryl methyl sites for hydroxylation is 2. The quantitative estimate of drug-likeness (QED) is 0.716. The topological polar surface area (TPSA) is 17.1 Å². The molecule has 0 saturated heterocycles. The number of benzene rings is 2. The van der Waals surface area contributed by atoms with Gasteiger partial charge in [-0.15, -0.1) is 0 Å². The van der Waals surface area contributed by atoms with E-state index in [1.165, 1.54) is 11.1 Å². The fraction of sp³-hybridized carbons (Fsp3) is 0.235. The Balaban J connectivity index is 2.11. The van der Waals surface area contributed by atoms with E-state index in [0.717, 1.165) is 23.1 Å². The third kappa shape index (κ3) is 1.95. The summed E-state index contributed by atoms with van der Waals surface area (Å²) >= 11 is 3.71. The van der Waals surface area contributed by atoms with Gasteiger partial charge in [0.25, 0.3) is 0 Å². The summed E-state index contributed by atoms with van der Waals surface area (Å²) in [6.45, 7) is 4.11. The highest BCUT2D eigenvalue weighted by Crippen LogP contribution is 2.44. The molecule has 0 saturated carbocycles. The van der Waals surface area contributed by atoms with Crippen LogP contribution in [-0.2, 0) is 10.7 Å². The van der Waals surface area contributed by atoms with Crippen molar-refractivity contribution >= 4 is 21.7 Å². The van der Waals surface area contributed by atoms with Gasteiger partial charge in [0.05, 0.1) is 0 Å². The molecule has 1 nitrogen and oxygen atoms in total. The van der Waals surface area contributed by atoms with Crippen molar-refractivity contribution in [3.05, 3.63) is 70.3 Å². The first kappa shape index (κ1) is 12.6. The maximum atomic E-state index is 12.7. The minimum Gasteiger partial charge on any atom is -0.292 e. The monoisotopic (exact) mass is 314 g/mol. The van der Waals surface area contributed by atoms with E-state index in [9.17, 15) is 4.79 Å². The average Bonchev–Trinajstić information content (AvgIpc) is 2.62. The van der Waals surface area contributed by atoms with Crippen LogP contribution in [0.1, 0.15) is 32.6 Å². The van der Waals surface area contributed by atoms with E-state index in [-0.39, 0.29) is 5.78 Å². The molecule has 0 heterocycles. The summed E-state index contributed by atoms with van der Waals surface area (Å²) in [5, 5.41) is 0. The van der Waals surface area contributed by atoms with Gasteiger partial charge in [-0.3, -0.25) is 4.79 Å². The molecule has 2 aromatic carbocycles. The number of hydrogen-bond acceptors (Lipinski definition) is 1. The number of carbonyl (C=O) groups excluding carboxylic acids is 1. The smallest absolute Gasteiger partial charge is 0.184 e. The Hall–Kier alpha value is -1.41. The highest BCUT2D eigenvalue weighted by atomic mass is 79.9. The zero-order valence-electron chi connectivity index (χ0n) is 11.0. The first-order valence-electron chi connectivity index (χ1n) is 6.41. The summed E-state index contributed by atoms with van der Waals surface area (Å²) in [5.74, 6) is 0.174. The molecule has 2 heteroatoms. The van der Waals surface area contributed by atoms with Crippen LogP contribution in [0.15, 0.2) is 42.5 Å². The third-order valence-electron chi connectivity index (χ3n) is 3.77. The molecule has 0 aliphatic heterocycles. The normalized spacial score (nSPS) is 21.5. The fourth-order valence-electron chi connectivity index (χ4n) is 2.77. The maximum absolute atomic E-state index is 12.7. The number of ketones is 1. The van der Waals surface area contributed by atoms with Crippen molar-refractivity contribution in [2.75, 3.05) is 0 Å². The Morgan fingerprint density at radius 1 is 1.05 bits per heavy atom. The Labute approximate surface area is 121 Å². The molecule has 1 unspecified atom stereocenters. The van der Waals surface area contributed by atoms with E-state index in [2.05, 4.69) is 48.0 Å². The molecule has 0 amide bonds. The van der Waals surface area contributed by atoms with Crippen molar-refractivity contribution in [3.8, 4) is 0 Å². The number of Topliss-reactive ketones (excluding diaryl/α,β-unsaturated/α-hetero) is 1. The van der Waals surface area contributed by atoms with Crippen molar-refractivity contribution in [2.24, 2.45) is 0 Å². The van der Waals surface area contributed by atoms with E-state index in [1.54, 1.807) is 0 Å². The Kier molecular flexibility index (Phi) is 2.86. The van der Waals surface area contributed by atoms with E-state index >= 15 is 0 Å². The Bertz CT molecular complexity index is 675.